The van der Waals surface area contributed by atoms with Crippen molar-refractivity contribution in [3.05, 3.63) is 65.7 Å². The standard InChI is InChI=1S/C23H31N3O5S/c1-3-25-32(30,31)21-12-9-19(10-13-21)11-14-22(28)26(17-20-7-5-4-6-8-20)18(2)23(29)24-15-16-27/h4-10,12-13,18,25,27H,3,11,14-17H2,1-2H3,(H,24,29)/t18-/m1/s1. The number of nitrogens with one attached hydrogen (secondary N) is 2. The fourth-order valence-electron chi connectivity index (χ4n) is 3.19. The summed E-state index contributed by atoms with van der Waals surface area (Å²) in [6.07, 6.45) is 0.584. The number of aryl methyl sites for hydroxylation is 1. The predicted octanol–water partition coefficient (Wildman–Crippen LogP) is 1.44. The molecule has 3 N–H and O–H groups in total. The molecule has 2 amide bonds. The number of benzene rings is 2. The quantitative estimate of drug-likeness (QED) is 0.442. The number of sulfonamides is 1. The van der Waals surface area contributed by atoms with Gasteiger partial charge in [-0.2, -0.15) is 0 Å². The molecule has 32 heavy (non-hydrogen) atoms. The van der Waals surface area contributed by atoms with Gasteiger partial charge < -0.3 is 15.3 Å². The molecular formula is C23H31N3O5S. The molecule has 0 aliphatic heterocycles. The normalized spacial score (nSPS) is 12.2. The van der Waals surface area contributed by atoms with E-state index in [0.29, 0.717) is 13.0 Å². The molecule has 0 fully saturated rings. The molecule has 2 rings (SSSR count). The van der Waals surface area contributed by atoms with Crippen molar-refractivity contribution in [1.29, 1.82) is 0 Å². The van der Waals surface area contributed by atoms with E-state index in [-0.39, 0.29) is 42.8 Å². The Labute approximate surface area is 189 Å². The topological polar surface area (TPSA) is 116 Å². The molecule has 0 spiro atoms. The van der Waals surface area contributed by atoms with Crippen molar-refractivity contribution in [2.45, 2.75) is 44.2 Å². The van der Waals surface area contributed by atoms with Gasteiger partial charge in [-0.25, -0.2) is 13.1 Å². The molecule has 0 radical (unpaired) electrons. The van der Waals surface area contributed by atoms with Crippen molar-refractivity contribution in [1.82, 2.24) is 14.9 Å². The third kappa shape index (κ3) is 7.44. The third-order valence-electron chi connectivity index (χ3n) is 4.97. The zero-order valence-corrected chi connectivity index (χ0v) is 19.3. The van der Waals surface area contributed by atoms with E-state index in [1.165, 1.54) is 17.0 Å². The molecule has 0 aromatic heterocycles. The second-order valence-corrected chi connectivity index (χ2v) is 9.11. The fraction of sp³-hybridized carbons (Fsp3) is 0.391. The van der Waals surface area contributed by atoms with Crippen LogP contribution < -0.4 is 10.0 Å². The lowest BCUT2D eigenvalue weighted by Crippen LogP contribution is -2.48. The van der Waals surface area contributed by atoms with Crippen molar-refractivity contribution >= 4 is 21.8 Å². The van der Waals surface area contributed by atoms with Crippen molar-refractivity contribution in [3.63, 3.8) is 0 Å². The highest BCUT2D eigenvalue weighted by Crippen LogP contribution is 2.15. The number of aliphatic hydroxyl groups is 1. The lowest BCUT2D eigenvalue weighted by Gasteiger charge is -2.29. The van der Waals surface area contributed by atoms with Gasteiger partial charge in [0.25, 0.3) is 0 Å². The second-order valence-electron chi connectivity index (χ2n) is 7.34. The first-order chi connectivity index (χ1) is 15.3. The van der Waals surface area contributed by atoms with Crippen LogP contribution >= 0.6 is 0 Å². The Balaban J connectivity index is 2.09. The van der Waals surface area contributed by atoms with Crippen molar-refractivity contribution in [2.75, 3.05) is 19.7 Å². The first-order valence-corrected chi connectivity index (χ1v) is 12.1. The number of nitrogens with zero attached hydrogens (tertiary/aromatic N) is 1. The molecule has 0 aliphatic carbocycles. The maximum Gasteiger partial charge on any atom is 0.242 e. The van der Waals surface area contributed by atoms with Gasteiger partial charge in [-0.1, -0.05) is 49.4 Å². The van der Waals surface area contributed by atoms with E-state index >= 15 is 0 Å². The van der Waals surface area contributed by atoms with Gasteiger partial charge in [0.1, 0.15) is 6.04 Å². The van der Waals surface area contributed by atoms with Gasteiger partial charge in [0.05, 0.1) is 11.5 Å². The van der Waals surface area contributed by atoms with E-state index in [1.54, 1.807) is 26.0 Å². The third-order valence-corrected chi connectivity index (χ3v) is 6.53. The molecule has 174 valence electrons. The minimum absolute atomic E-state index is 0.124. The summed E-state index contributed by atoms with van der Waals surface area (Å²) in [5, 5.41) is 11.6. The lowest BCUT2D eigenvalue weighted by molar-refractivity contribution is -0.140. The Bertz CT molecular complexity index is 978. The Morgan fingerprint density at radius 1 is 1.03 bits per heavy atom. The van der Waals surface area contributed by atoms with Gasteiger partial charge in [0.15, 0.2) is 0 Å². The Hall–Kier alpha value is -2.75. The van der Waals surface area contributed by atoms with E-state index in [9.17, 15) is 18.0 Å². The van der Waals surface area contributed by atoms with Crippen LogP contribution in [0.1, 0.15) is 31.4 Å². The number of hydrogen-bond donors (Lipinski definition) is 3. The molecule has 9 heteroatoms. The largest absolute Gasteiger partial charge is 0.395 e. The Kier molecular flexibility index (Phi) is 9.83. The maximum absolute atomic E-state index is 13.0. The lowest BCUT2D eigenvalue weighted by atomic mass is 10.1. The van der Waals surface area contributed by atoms with Gasteiger partial charge in [0.2, 0.25) is 21.8 Å². The van der Waals surface area contributed by atoms with E-state index in [2.05, 4.69) is 10.0 Å². The van der Waals surface area contributed by atoms with Crippen LogP contribution in [0.4, 0.5) is 0 Å². The number of carbonyl (C=O) groups is 2. The Morgan fingerprint density at radius 3 is 2.28 bits per heavy atom. The van der Waals surface area contributed by atoms with E-state index < -0.39 is 16.1 Å². The average molecular weight is 462 g/mol. The monoisotopic (exact) mass is 461 g/mol. The average Bonchev–Trinajstić information content (AvgIpc) is 2.80. The highest BCUT2D eigenvalue weighted by Gasteiger charge is 2.25. The smallest absolute Gasteiger partial charge is 0.242 e. The maximum atomic E-state index is 13.0. The number of carbonyl (C=O) groups excluding carboxylic acids is 2. The van der Waals surface area contributed by atoms with Crippen LogP contribution in [0.25, 0.3) is 0 Å². The SMILES string of the molecule is CCNS(=O)(=O)c1ccc(CCC(=O)N(Cc2ccccc2)[C@H](C)C(=O)NCCO)cc1. The molecule has 0 saturated carbocycles. The van der Waals surface area contributed by atoms with Crippen molar-refractivity contribution < 1.29 is 23.1 Å². The highest BCUT2D eigenvalue weighted by molar-refractivity contribution is 7.89. The predicted molar refractivity (Wildman–Crippen MR) is 122 cm³/mol. The van der Waals surface area contributed by atoms with Crippen LogP contribution in [-0.4, -0.2) is 56.0 Å². The van der Waals surface area contributed by atoms with E-state index in [1.807, 2.05) is 30.3 Å². The van der Waals surface area contributed by atoms with E-state index in [4.69, 9.17) is 5.11 Å². The van der Waals surface area contributed by atoms with Crippen LogP contribution in [-0.2, 0) is 32.6 Å². The first-order valence-electron chi connectivity index (χ1n) is 10.6. The van der Waals surface area contributed by atoms with Gasteiger partial charge in [0, 0.05) is 26.1 Å². The first kappa shape index (κ1) is 25.5. The van der Waals surface area contributed by atoms with Crippen LogP contribution in [0.15, 0.2) is 59.5 Å². The molecule has 8 nitrogen and oxygen atoms in total. The zero-order valence-electron chi connectivity index (χ0n) is 18.5. The molecule has 0 saturated heterocycles. The van der Waals surface area contributed by atoms with Crippen LogP contribution in [0, 0.1) is 0 Å². The number of rotatable bonds is 12. The molecule has 0 bridgehead atoms. The van der Waals surface area contributed by atoms with Gasteiger partial charge in [-0.05, 0) is 36.6 Å². The molecular weight excluding hydrogens is 430 g/mol. The number of aliphatic hydroxyl groups excluding tert-OH is 1. The van der Waals surface area contributed by atoms with E-state index in [0.717, 1.165) is 11.1 Å². The summed E-state index contributed by atoms with van der Waals surface area (Å²) in [5.74, 6) is -0.522. The summed E-state index contributed by atoms with van der Waals surface area (Å²) in [6, 6.07) is 15.1. The summed E-state index contributed by atoms with van der Waals surface area (Å²) in [7, 11) is -3.52. The second kappa shape index (κ2) is 12.3. The molecule has 2 aromatic carbocycles. The molecule has 0 unspecified atom stereocenters. The minimum atomic E-state index is -3.52. The van der Waals surface area contributed by atoms with Gasteiger partial charge in [-0.15, -0.1) is 0 Å². The minimum Gasteiger partial charge on any atom is -0.395 e. The summed E-state index contributed by atoms with van der Waals surface area (Å²) in [5.41, 5.74) is 1.73. The summed E-state index contributed by atoms with van der Waals surface area (Å²) in [6.45, 7) is 3.91. The summed E-state index contributed by atoms with van der Waals surface area (Å²) < 4.78 is 26.6. The fourth-order valence-corrected chi connectivity index (χ4v) is 4.23. The Morgan fingerprint density at radius 2 is 1.69 bits per heavy atom. The number of hydrogen-bond acceptors (Lipinski definition) is 5. The van der Waals surface area contributed by atoms with Crippen LogP contribution in [0.2, 0.25) is 0 Å². The van der Waals surface area contributed by atoms with Gasteiger partial charge >= 0.3 is 0 Å². The summed E-state index contributed by atoms with van der Waals surface area (Å²) >= 11 is 0. The molecule has 1 atom stereocenters. The summed E-state index contributed by atoms with van der Waals surface area (Å²) in [4.78, 5) is 27.2. The highest BCUT2D eigenvalue weighted by atomic mass is 32.2. The van der Waals surface area contributed by atoms with Gasteiger partial charge in [-0.3, -0.25) is 9.59 Å². The van der Waals surface area contributed by atoms with Crippen LogP contribution in [0.5, 0.6) is 0 Å². The molecule has 2 aromatic rings. The molecule has 0 aliphatic rings. The molecule has 0 heterocycles. The van der Waals surface area contributed by atoms with Crippen molar-refractivity contribution in [3.8, 4) is 0 Å². The van der Waals surface area contributed by atoms with Crippen LogP contribution in [0.3, 0.4) is 0 Å². The van der Waals surface area contributed by atoms with Crippen molar-refractivity contribution in [2.24, 2.45) is 0 Å². The number of amides is 2. The zero-order chi connectivity index (χ0) is 23.6.